The summed E-state index contributed by atoms with van der Waals surface area (Å²) in [6.07, 6.45) is 1.44. The van der Waals surface area contributed by atoms with Gasteiger partial charge in [0.1, 0.15) is 5.15 Å². The van der Waals surface area contributed by atoms with Crippen LogP contribution in [0, 0.1) is 0 Å². The number of nitrogens with zero attached hydrogens (tertiary/aromatic N) is 3. The van der Waals surface area contributed by atoms with Crippen molar-refractivity contribution < 1.29 is 9.53 Å². The summed E-state index contributed by atoms with van der Waals surface area (Å²) in [5, 5.41) is 10.2. The summed E-state index contributed by atoms with van der Waals surface area (Å²) in [6.45, 7) is 1.95. The molecule has 2 rings (SSSR count). The van der Waals surface area contributed by atoms with E-state index in [-0.39, 0.29) is 23.3 Å². The Hall–Kier alpha value is -2.15. The molecule has 0 amide bonds. The second kappa shape index (κ2) is 5.01. The molecule has 0 aromatic carbocycles. The van der Waals surface area contributed by atoms with E-state index in [9.17, 15) is 9.59 Å². The number of aromatic nitrogens is 4. The van der Waals surface area contributed by atoms with Gasteiger partial charge in [0.05, 0.1) is 6.61 Å². The summed E-state index contributed by atoms with van der Waals surface area (Å²) in [5.41, 5.74) is -0.301. The number of hydrogen-bond donors (Lipinski definition) is 1. The molecule has 1 N–H and O–H groups in total. The summed E-state index contributed by atoms with van der Waals surface area (Å²) in [4.78, 5) is 23.0. The lowest BCUT2D eigenvalue weighted by Crippen LogP contribution is -2.15. The first kappa shape index (κ1) is 12.3. The first-order valence-corrected chi connectivity index (χ1v) is 5.48. The normalized spacial score (nSPS) is 10.3. The molecule has 0 aliphatic heterocycles. The number of rotatable bonds is 3. The zero-order valence-electron chi connectivity index (χ0n) is 9.38. The molecule has 8 heteroatoms. The molecule has 0 fully saturated rings. The number of carbonyl (C=O) groups excluding carboxylic acids is 1. The average Bonchev–Trinajstić information content (AvgIpc) is 2.78. The molecule has 2 aromatic heterocycles. The van der Waals surface area contributed by atoms with Crippen molar-refractivity contribution >= 4 is 17.6 Å². The van der Waals surface area contributed by atoms with Crippen LogP contribution in [0.4, 0.5) is 0 Å². The van der Waals surface area contributed by atoms with Crippen LogP contribution in [0.1, 0.15) is 17.4 Å². The Bertz CT molecular complexity index is 634. The molecule has 0 saturated heterocycles. The minimum atomic E-state index is -0.554. The van der Waals surface area contributed by atoms with Crippen LogP contribution in [0.5, 0.6) is 0 Å². The van der Waals surface area contributed by atoms with E-state index in [0.29, 0.717) is 0 Å². The third-order valence-electron chi connectivity index (χ3n) is 2.04. The van der Waals surface area contributed by atoms with Crippen molar-refractivity contribution in [1.82, 2.24) is 20.0 Å². The molecular weight excluding hydrogens is 260 g/mol. The smallest absolute Gasteiger partial charge is 0.358 e. The highest BCUT2D eigenvalue weighted by molar-refractivity contribution is 6.29. The van der Waals surface area contributed by atoms with Gasteiger partial charge in [0.2, 0.25) is 11.2 Å². The summed E-state index contributed by atoms with van der Waals surface area (Å²) in [6, 6.07) is 2.61. The Balaban J connectivity index is 2.35. The Labute approximate surface area is 106 Å². The minimum Gasteiger partial charge on any atom is -0.461 e. The van der Waals surface area contributed by atoms with Crippen molar-refractivity contribution in [2.75, 3.05) is 6.61 Å². The highest BCUT2D eigenvalue weighted by atomic mass is 35.5. The van der Waals surface area contributed by atoms with E-state index >= 15 is 0 Å². The fourth-order valence-electron chi connectivity index (χ4n) is 1.29. The van der Waals surface area contributed by atoms with Gasteiger partial charge in [-0.3, -0.25) is 9.89 Å². The number of esters is 1. The fourth-order valence-corrected chi connectivity index (χ4v) is 1.43. The van der Waals surface area contributed by atoms with E-state index < -0.39 is 11.4 Å². The molecule has 2 aromatic rings. The third kappa shape index (κ3) is 2.40. The Morgan fingerprint density at radius 3 is 3.06 bits per heavy atom. The van der Waals surface area contributed by atoms with Crippen molar-refractivity contribution in [2.24, 2.45) is 0 Å². The van der Waals surface area contributed by atoms with E-state index in [0.717, 1.165) is 0 Å². The first-order chi connectivity index (χ1) is 8.61. The van der Waals surface area contributed by atoms with Gasteiger partial charge in [-0.2, -0.15) is 10.2 Å². The number of carbonyl (C=O) groups is 1. The predicted octanol–water partition coefficient (Wildman–Crippen LogP) is 0.786. The molecule has 0 radical (unpaired) electrons. The van der Waals surface area contributed by atoms with Gasteiger partial charge in [0.25, 0.3) is 0 Å². The van der Waals surface area contributed by atoms with Crippen LogP contribution in [0.2, 0.25) is 5.15 Å². The highest BCUT2D eigenvalue weighted by Gasteiger charge is 2.13. The van der Waals surface area contributed by atoms with E-state index in [1.807, 2.05) is 0 Å². The van der Waals surface area contributed by atoms with E-state index in [4.69, 9.17) is 16.3 Å². The number of halogens is 1. The Morgan fingerprint density at radius 2 is 2.39 bits per heavy atom. The molecule has 0 spiro atoms. The van der Waals surface area contributed by atoms with Crippen molar-refractivity contribution in [2.45, 2.75) is 6.92 Å². The van der Waals surface area contributed by atoms with Crippen molar-refractivity contribution in [3.63, 3.8) is 0 Å². The molecular formula is C10H9ClN4O3. The van der Waals surface area contributed by atoms with Gasteiger partial charge in [-0.15, -0.1) is 0 Å². The van der Waals surface area contributed by atoms with Crippen molar-refractivity contribution in [3.8, 4) is 5.82 Å². The monoisotopic (exact) mass is 268 g/mol. The lowest BCUT2D eigenvalue weighted by molar-refractivity contribution is 0.0519. The number of hydrogen-bond acceptors (Lipinski definition) is 5. The number of aromatic amines is 1. The zero-order chi connectivity index (χ0) is 13.1. The number of nitrogens with one attached hydrogen (secondary N) is 1. The molecule has 0 bridgehead atoms. The maximum Gasteiger partial charge on any atom is 0.358 e. The van der Waals surface area contributed by atoms with Crippen LogP contribution >= 0.6 is 11.6 Å². The van der Waals surface area contributed by atoms with Gasteiger partial charge < -0.3 is 4.74 Å². The number of H-pyrrole nitrogens is 1. The molecule has 0 aliphatic rings. The standard InChI is InChI=1S/C10H9ClN4O3/c1-2-18-10(17)6-3-4-15(14-6)9-7(16)5-8(11)12-13-9/h3-5H,2H2,1H3,(H,12,16). The Morgan fingerprint density at radius 1 is 1.61 bits per heavy atom. The van der Waals surface area contributed by atoms with Gasteiger partial charge in [-0.05, 0) is 13.0 Å². The van der Waals surface area contributed by atoms with Crippen LogP contribution < -0.4 is 5.43 Å². The molecule has 0 atom stereocenters. The van der Waals surface area contributed by atoms with E-state index in [2.05, 4.69) is 15.3 Å². The summed E-state index contributed by atoms with van der Waals surface area (Å²) < 4.78 is 5.97. The highest BCUT2D eigenvalue weighted by Crippen LogP contribution is 2.03. The molecule has 7 nitrogen and oxygen atoms in total. The summed E-state index contributed by atoms with van der Waals surface area (Å²) in [7, 11) is 0. The van der Waals surface area contributed by atoms with Crippen LogP contribution in [0.15, 0.2) is 23.1 Å². The van der Waals surface area contributed by atoms with Gasteiger partial charge >= 0.3 is 5.97 Å². The van der Waals surface area contributed by atoms with Crippen LogP contribution in [0.3, 0.4) is 0 Å². The lowest BCUT2D eigenvalue weighted by Gasteiger charge is -1.99. The van der Waals surface area contributed by atoms with Gasteiger partial charge in [0.15, 0.2) is 5.69 Å². The number of ether oxygens (including phenoxy) is 1. The zero-order valence-corrected chi connectivity index (χ0v) is 10.1. The van der Waals surface area contributed by atoms with Crippen molar-refractivity contribution in [1.29, 1.82) is 0 Å². The van der Waals surface area contributed by atoms with E-state index in [1.165, 1.54) is 23.0 Å². The SMILES string of the molecule is CCOC(=O)c1ccn(-c2n[nH]c(Cl)cc2=O)n1. The van der Waals surface area contributed by atoms with Gasteiger partial charge in [-0.1, -0.05) is 11.6 Å². The lowest BCUT2D eigenvalue weighted by atomic mass is 10.4. The van der Waals surface area contributed by atoms with Gasteiger partial charge in [-0.25, -0.2) is 9.48 Å². The topological polar surface area (TPSA) is 89.9 Å². The average molecular weight is 269 g/mol. The first-order valence-electron chi connectivity index (χ1n) is 5.10. The molecule has 0 saturated carbocycles. The van der Waals surface area contributed by atoms with Crippen LogP contribution in [-0.2, 0) is 4.74 Å². The second-order valence-electron chi connectivity index (χ2n) is 3.27. The maximum atomic E-state index is 11.6. The molecule has 0 aliphatic carbocycles. The predicted molar refractivity (Wildman–Crippen MR) is 62.9 cm³/mol. The molecule has 18 heavy (non-hydrogen) atoms. The van der Waals surface area contributed by atoms with Crippen molar-refractivity contribution in [3.05, 3.63) is 39.4 Å². The summed E-state index contributed by atoms with van der Waals surface area (Å²) >= 11 is 5.58. The molecule has 0 unspecified atom stereocenters. The summed E-state index contributed by atoms with van der Waals surface area (Å²) in [5.74, 6) is -0.531. The van der Waals surface area contributed by atoms with Crippen LogP contribution in [-0.4, -0.2) is 32.6 Å². The quantitative estimate of drug-likeness (QED) is 0.831. The van der Waals surface area contributed by atoms with Gasteiger partial charge in [0, 0.05) is 12.3 Å². The maximum absolute atomic E-state index is 11.6. The fraction of sp³-hybridized carbons (Fsp3) is 0.200. The largest absolute Gasteiger partial charge is 0.461 e. The second-order valence-corrected chi connectivity index (χ2v) is 3.68. The minimum absolute atomic E-state index is 0.0231. The van der Waals surface area contributed by atoms with E-state index in [1.54, 1.807) is 6.92 Å². The van der Waals surface area contributed by atoms with Crippen LogP contribution in [0.25, 0.3) is 5.82 Å². The third-order valence-corrected chi connectivity index (χ3v) is 2.23. The molecule has 2 heterocycles. The Kier molecular flexibility index (Phi) is 3.42. The molecule has 94 valence electrons.